The molecule has 1 saturated carbocycles. The summed E-state index contributed by atoms with van der Waals surface area (Å²) in [7, 11) is 0. The van der Waals surface area contributed by atoms with Crippen molar-refractivity contribution in [2.24, 2.45) is 5.92 Å². The Labute approximate surface area is 133 Å². The van der Waals surface area contributed by atoms with Crippen LogP contribution in [0.1, 0.15) is 46.5 Å². The molecule has 0 heterocycles. The number of para-hydroxylation sites is 1. The first-order valence-electron chi connectivity index (χ1n) is 8.08. The average Bonchev–Trinajstić information content (AvgIpc) is 2.46. The van der Waals surface area contributed by atoms with Crippen molar-refractivity contribution in [2.45, 2.75) is 58.0 Å². The van der Waals surface area contributed by atoms with Crippen LogP contribution in [0.15, 0.2) is 30.3 Å². The van der Waals surface area contributed by atoms with Crippen LogP contribution < -0.4 is 4.74 Å². The lowest BCUT2D eigenvalue weighted by Crippen LogP contribution is -2.52. The zero-order valence-electron chi connectivity index (χ0n) is 13.8. The molecule has 2 rings (SSSR count). The summed E-state index contributed by atoms with van der Waals surface area (Å²) in [6, 6.07) is 9.99. The molecule has 0 unspecified atom stereocenters. The second kappa shape index (κ2) is 7.03. The van der Waals surface area contributed by atoms with E-state index in [0.29, 0.717) is 5.92 Å². The highest BCUT2D eigenvalue weighted by Crippen LogP contribution is 2.31. The number of amides is 1. The van der Waals surface area contributed by atoms with E-state index in [1.165, 1.54) is 0 Å². The molecule has 4 nitrogen and oxygen atoms in total. The molecule has 4 heteroatoms. The third-order valence-corrected chi connectivity index (χ3v) is 4.34. The van der Waals surface area contributed by atoms with Crippen LogP contribution in [-0.4, -0.2) is 34.3 Å². The molecule has 1 aromatic carbocycles. The number of rotatable bonds is 4. The summed E-state index contributed by atoms with van der Waals surface area (Å²) in [5.41, 5.74) is -0.343. The zero-order chi connectivity index (χ0) is 16.2. The molecule has 1 fully saturated rings. The monoisotopic (exact) mass is 305 g/mol. The third kappa shape index (κ3) is 4.39. The van der Waals surface area contributed by atoms with E-state index in [1.807, 2.05) is 51.1 Å². The van der Waals surface area contributed by atoms with Gasteiger partial charge in [-0.3, -0.25) is 0 Å². The van der Waals surface area contributed by atoms with Crippen molar-refractivity contribution in [2.75, 3.05) is 6.61 Å². The standard InChI is InChI=1S/C18H27NO3/c1-18(2,3)19(17(20)21)15-11-9-14(10-12-15)13-22-16-7-5-4-6-8-16/h4-8,14-15H,9-13H2,1-3H3,(H,20,21)/t14-,15+. The van der Waals surface area contributed by atoms with Crippen molar-refractivity contribution in [3.05, 3.63) is 30.3 Å². The lowest BCUT2D eigenvalue weighted by atomic mass is 9.84. The lowest BCUT2D eigenvalue weighted by molar-refractivity contribution is 0.0461. The van der Waals surface area contributed by atoms with Gasteiger partial charge >= 0.3 is 6.09 Å². The highest BCUT2D eigenvalue weighted by molar-refractivity contribution is 5.66. The Morgan fingerprint density at radius 3 is 2.27 bits per heavy atom. The fourth-order valence-corrected chi connectivity index (χ4v) is 3.29. The Balaban J connectivity index is 1.83. The second-order valence-electron chi connectivity index (χ2n) is 7.12. The summed E-state index contributed by atoms with van der Waals surface area (Å²) in [5.74, 6) is 1.43. The SMILES string of the molecule is CC(C)(C)N(C(=O)O)[C@H]1CC[C@@H](COc2ccccc2)CC1. The van der Waals surface area contributed by atoms with E-state index in [0.717, 1.165) is 38.0 Å². The normalized spacial score (nSPS) is 22.1. The first kappa shape index (κ1) is 16.7. The second-order valence-corrected chi connectivity index (χ2v) is 7.12. The smallest absolute Gasteiger partial charge is 0.407 e. The molecule has 1 N–H and O–H groups in total. The lowest BCUT2D eigenvalue weighted by Gasteiger charge is -2.42. The average molecular weight is 305 g/mol. The van der Waals surface area contributed by atoms with Crippen LogP contribution in [0.3, 0.4) is 0 Å². The number of ether oxygens (including phenoxy) is 1. The molecule has 1 amide bonds. The minimum absolute atomic E-state index is 0.130. The molecule has 122 valence electrons. The third-order valence-electron chi connectivity index (χ3n) is 4.34. The maximum absolute atomic E-state index is 11.5. The zero-order valence-corrected chi connectivity index (χ0v) is 13.8. The molecule has 0 aromatic heterocycles. The van der Waals surface area contributed by atoms with E-state index in [-0.39, 0.29) is 11.6 Å². The minimum atomic E-state index is -0.809. The first-order chi connectivity index (χ1) is 10.4. The molecule has 1 aliphatic carbocycles. The van der Waals surface area contributed by atoms with Gasteiger partial charge in [0.25, 0.3) is 0 Å². The molecule has 0 atom stereocenters. The van der Waals surface area contributed by atoms with Gasteiger partial charge in [-0.05, 0) is 64.5 Å². The Kier molecular flexibility index (Phi) is 5.33. The summed E-state index contributed by atoms with van der Waals surface area (Å²) in [5, 5.41) is 9.48. The van der Waals surface area contributed by atoms with E-state index in [1.54, 1.807) is 4.90 Å². The maximum Gasteiger partial charge on any atom is 0.407 e. The van der Waals surface area contributed by atoms with E-state index in [4.69, 9.17) is 4.74 Å². The summed E-state index contributed by atoms with van der Waals surface area (Å²) in [4.78, 5) is 13.2. The number of benzene rings is 1. The van der Waals surface area contributed by atoms with E-state index >= 15 is 0 Å². The van der Waals surface area contributed by atoms with E-state index < -0.39 is 6.09 Å². The fourth-order valence-electron chi connectivity index (χ4n) is 3.29. The molecule has 0 saturated heterocycles. The minimum Gasteiger partial charge on any atom is -0.493 e. The Bertz CT molecular complexity index is 473. The van der Waals surface area contributed by atoms with Crippen molar-refractivity contribution in [1.29, 1.82) is 0 Å². The van der Waals surface area contributed by atoms with Crippen molar-refractivity contribution in [3.63, 3.8) is 0 Å². The number of hydrogen-bond donors (Lipinski definition) is 1. The van der Waals surface area contributed by atoms with Crippen LogP contribution in [0, 0.1) is 5.92 Å². The van der Waals surface area contributed by atoms with Crippen molar-refractivity contribution >= 4 is 6.09 Å². The fraction of sp³-hybridized carbons (Fsp3) is 0.611. The van der Waals surface area contributed by atoms with E-state index in [9.17, 15) is 9.90 Å². The molecule has 0 spiro atoms. The van der Waals surface area contributed by atoms with Gasteiger partial charge in [0.05, 0.1) is 6.61 Å². The largest absolute Gasteiger partial charge is 0.493 e. The number of carbonyl (C=O) groups is 1. The van der Waals surface area contributed by atoms with Gasteiger partial charge < -0.3 is 14.7 Å². The maximum atomic E-state index is 11.5. The topological polar surface area (TPSA) is 49.8 Å². The predicted molar refractivity (Wildman–Crippen MR) is 87.3 cm³/mol. The van der Waals surface area contributed by atoms with Gasteiger partial charge in [-0.1, -0.05) is 18.2 Å². The van der Waals surface area contributed by atoms with Gasteiger partial charge in [0.2, 0.25) is 0 Å². The van der Waals surface area contributed by atoms with Crippen molar-refractivity contribution in [1.82, 2.24) is 4.90 Å². The van der Waals surface area contributed by atoms with Gasteiger partial charge in [-0.15, -0.1) is 0 Å². The van der Waals surface area contributed by atoms with Crippen LogP contribution in [0.4, 0.5) is 4.79 Å². The first-order valence-corrected chi connectivity index (χ1v) is 8.08. The number of nitrogens with zero attached hydrogens (tertiary/aromatic N) is 1. The summed E-state index contributed by atoms with van der Waals surface area (Å²) in [6.07, 6.45) is 3.09. The van der Waals surface area contributed by atoms with Crippen LogP contribution in [0.25, 0.3) is 0 Å². The molecule has 0 radical (unpaired) electrons. The van der Waals surface area contributed by atoms with Gasteiger partial charge in [-0.25, -0.2) is 4.79 Å². The molecular formula is C18H27NO3. The molecule has 0 bridgehead atoms. The van der Waals surface area contributed by atoms with Gasteiger partial charge in [0.1, 0.15) is 5.75 Å². The van der Waals surface area contributed by atoms with Crippen LogP contribution in [0.2, 0.25) is 0 Å². The Hall–Kier alpha value is -1.71. The summed E-state index contributed by atoms with van der Waals surface area (Å²) >= 11 is 0. The van der Waals surface area contributed by atoms with Gasteiger partial charge in [0, 0.05) is 11.6 Å². The van der Waals surface area contributed by atoms with Gasteiger partial charge in [-0.2, -0.15) is 0 Å². The van der Waals surface area contributed by atoms with Crippen LogP contribution >= 0.6 is 0 Å². The Morgan fingerprint density at radius 2 is 1.77 bits per heavy atom. The Morgan fingerprint density at radius 1 is 1.18 bits per heavy atom. The number of carboxylic acid groups (broad SMARTS) is 1. The molecular weight excluding hydrogens is 278 g/mol. The van der Waals surface area contributed by atoms with Crippen LogP contribution in [0.5, 0.6) is 5.75 Å². The number of hydrogen-bond acceptors (Lipinski definition) is 2. The summed E-state index contributed by atoms with van der Waals surface area (Å²) in [6.45, 7) is 6.61. The molecule has 1 aliphatic rings. The van der Waals surface area contributed by atoms with E-state index in [2.05, 4.69) is 0 Å². The molecule has 1 aromatic rings. The van der Waals surface area contributed by atoms with Crippen molar-refractivity contribution in [3.8, 4) is 5.75 Å². The van der Waals surface area contributed by atoms with Crippen LogP contribution in [-0.2, 0) is 0 Å². The van der Waals surface area contributed by atoms with Crippen molar-refractivity contribution < 1.29 is 14.6 Å². The molecule has 22 heavy (non-hydrogen) atoms. The summed E-state index contributed by atoms with van der Waals surface area (Å²) < 4.78 is 5.83. The quantitative estimate of drug-likeness (QED) is 0.896. The highest BCUT2D eigenvalue weighted by Gasteiger charge is 2.35. The van der Waals surface area contributed by atoms with Gasteiger partial charge in [0.15, 0.2) is 0 Å². The highest BCUT2D eigenvalue weighted by atomic mass is 16.5. The predicted octanol–water partition coefficient (Wildman–Crippen LogP) is 4.40. The molecule has 0 aliphatic heterocycles.